The molecule has 0 unspecified atom stereocenters. The van der Waals surface area contributed by atoms with E-state index in [1.54, 1.807) is 6.20 Å². The lowest BCUT2D eigenvalue weighted by Crippen LogP contribution is -2.35. The van der Waals surface area contributed by atoms with Crippen LogP contribution < -0.4 is 4.90 Å². The van der Waals surface area contributed by atoms with Crippen LogP contribution in [0.25, 0.3) is 11.3 Å². The Balaban J connectivity index is 1.64. The fourth-order valence-corrected chi connectivity index (χ4v) is 3.21. The van der Waals surface area contributed by atoms with Crippen LogP contribution in [0.1, 0.15) is 0 Å². The average molecular weight is 414 g/mol. The van der Waals surface area contributed by atoms with Crippen molar-refractivity contribution in [3.05, 3.63) is 30.5 Å². The van der Waals surface area contributed by atoms with Gasteiger partial charge in [0.1, 0.15) is 30.1 Å². The summed E-state index contributed by atoms with van der Waals surface area (Å²) in [5, 5.41) is 28.2. The van der Waals surface area contributed by atoms with Gasteiger partial charge in [0.05, 0.1) is 19.3 Å². The lowest BCUT2D eigenvalue weighted by molar-refractivity contribution is -0.0230. The Bertz CT molecular complexity index is 900. The first-order valence-electron chi connectivity index (χ1n) is 8.45. The number of hydrogen-bond acceptors (Lipinski definition) is 9. The van der Waals surface area contributed by atoms with Crippen LogP contribution in [0, 0.1) is 0 Å². The maximum atomic E-state index is 10.7. The molecule has 1 aliphatic rings. The van der Waals surface area contributed by atoms with Crippen molar-refractivity contribution in [3.63, 3.8) is 0 Å². The van der Waals surface area contributed by atoms with Crippen LogP contribution in [0.15, 0.2) is 30.5 Å². The fraction of sp³-hybridized carbons (Fsp3) is 0.500. The van der Waals surface area contributed by atoms with Gasteiger partial charge in [0.25, 0.3) is 0 Å². The van der Waals surface area contributed by atoms with Crippen LogP contribution in [0.5, 0.6) is 0 Å². The van der Waals surface area contributed by atoms with E-state index in [4.69, 9.17) is 9.29 Å². The van der Waals surface area contributed by atoms with Crippen molar-refractivity contribution in [1.29, 1.82) is 0 Å². The topological polar surface area (TPSA) is 147 Å². The summed E-state index contributed by atoms with van der Waals surface area (Å²) in [6, 6.07) is 7.73. The summed E-state index contributed by atoms with van der Waals surface area (Å²) >= 11 is 0. The van der Waals surface area contributed by atoms with E-state index in [1.165, 1.54) is 4.68 Å². The number of anilines is 1. The molecule has 28 heavy (non-hydrogen) atoms. The summed E-state index contributed by atoms with van der Waals surface area (Å²) in [6.07, 6.45) is -2.93. The van der Waals surface area contributed by atoms with E-state index in [0.29, 0.717) is 5.69 Å². The van der Waals surface area contributed by atoms with Crippen molar-refractivity contribution in [3.8, 4) is 11.3 Å². The molecule has 1 saturated heterocycles. The molecule has 2 heterocycles. The number of hydrogen-bond donors (Lipinski definition) is 3. The van der Waals surface area contributed by atoms with Crippen LogP contribution in [0.4, 0.5) is 5.69 Å². The zero-order chi connectivity index (χ0) is 20.5. The van der Waals surface area contributed by atoms with Gasteiger partial charge in [-0.3, -0.25) is 4.55 Å². The van der Waals surface area contributed by atoms with E-state index in [-0.39, 0.29) is 6.54 Å². The van der Waals surface area contributed by atoms with E-state index >= 15 is 0 Å². The average Bonchev–Trinajstić information content (AvgIpc) is 3.20. The first kappa shape index (κ1) is 20.6. The number of rotatable bonds is 7. The quantitative estimate of drug-likeness (QED) is 0.498. The van der Waals surface area contributed by atoms with E-state index in [9.17, 15) is 18.6 Å². The molecule has 0 spiro atoms. The molecule has 2 aromatic rings. The van der Waals surface area contributed by atoms with E-state index in [1.807, 2.05) is 43.3 Å². The van der Waals surface area contributed by atoms with Gasteiger partial charge in [-0.15, -0.1) is 5.10 Å². The molecule has 1 fully saturated rings. The highest BCUT2D eigenvalue weighted by Crippen LogP contribution is 2.24. The van der Waals surface area contributed by atoms with Gasteiger partial charge in [0, 0.05) is 25.3 Å². The molecule has 4 atom stereocenters. The standard InChI is InChI=1S/C16H22N4O7S/c1-19(2)11-5-3-10(4-6-11)12-7-20(18-17-12)8-13-15(21)16(22)14(27-13)9-26-28(23,24)25/h3-7,13-16,21-22H,8-9H2,1-2H3,(H,23,24,25)/t13-,14+,15+,16+/m0/s1. The van der Waals surface area contributed by atoms with Gasteiger partial charge in [-0.1, -0.05) is 17.3 Å². The second-order valence-corrected chi connectivity index (χ2v) is 7.76. The van der Waals surface area contributed by atoms with Crippen molar-refractivity contribution in [2.45, 2.75) is 31.0 Å². The van der Waals surface area contributed by atoms with Gasteiger partial charge in [-0.05, 0) is 12.1 Å². The molecule has 3 rings (SSSR count). The van der Waals surface area contributed by atoms with E-state index in [2.05, 4.69) is 14.5 Å². The molecule has 11 nitrogen and oxygen atoms in total. The molecule has 0 bridgehead atoms. The van der Waals surface area contributed by atoms with Crippen molar-refractivity contribution < 1.29 is 32.1 Å². The van der Waals surface area contributed by atoms with Crippen molar-refractivity contribution in [1.82, 2.24) is 15.0 Å². The predicted octanol–water partition coefficient (Wildman–Crippen LogP) is -0.680. The normalized spacial score (nSPS) is 25.2. The lowest BCUT2D eigenvalue weighted by atomic mass is 10.1. The molecule has 12 heteroatoms. The van der Waals surface area contributed by atoms with Gasteiger partial charge < -0.3 is 19.8 Å². The highest BCUT2D eigenvalue weighted by molar-refractivity contribution is 7.80. The van der Waals surface area contributed by atoms with Gasteiger partial charge in [0.15, 0.2) is 0 Å². The minimum absolute atomic E-state index is 0.0867. The number of aliphatic hydroxyl groups excluding tert-OH is 2. The van der Waals surface area contributed by atoms with Crippen LogP contribution in [-0.2, 0) is 25.9 Å². The van der Waals surface area contributed by atoms with E-state index in [0.717, 1.165) is 11.3 Å². The van der Waals surface area contributed by atoms with Crippen molar-refractivity contribution in [2.24, 2.45) is 0 Å². The van der Waals surface area contributed by atoms with Gasteiger partial charge >= 0.3 is 10.4 Å². The third kappa shape index (κ3) is 4.84. The highest BCUT2D eigenvalue weighted by atomic mass is 32.3. The van der Waals surface area contributed by atoms with Crippen LogP contribution in [-0.4, -0.2) is 83.3 Å². The number of nitrogens with zero attached hydrogens (tertiary/aromatic N) is 4. The molecule has 0 aliphatic carbocycles. The summed E-state index contributed by atoms with van der Waals surface area (Å²) < 4.78 is 41.0. The van der Waals surface area contributed by atoms with Gasteiger partial charge in [-0.2, -0.15) is 8.42 Å². The second kappa shape index (κ2) is 8.11. The molecule has 1 aromatic heterocycles. The summed E-state index contributed by atoms with van der Waals surface area (Å²) in [5.41, 5.74) is 2.54. The van der Waals surface area contributed by atoms with Crippen molar-refractivity contribution in [2.75, 3.05) is 25.6 Å². The maximum Gasteiger partial charge on any atom is 0.397 e. The van der Waals surface area contributed by atoms with Crippen molar-refractivity contribution >= 4 is 16.1 Å². The van der Waals surface area contributed by atoms with Gasteiger partial charge in [-0.25, -0.2) is 8.86 Å². The number of aromatic nitrogens is 3. The number of ether oxygens (including phenoxy) is 1. The number of benzene rings is 1. The number of aliphatic hydroxyl groups is 2. The summed E-state index contributed by atoms with van der Waals surface area (Å²) in [6.45, 7) is -0.530. The van der Waals surface area contributed by atoms with E-state index < -0.39 is 41.4 Å². The van der Waals surface area contributed by atoms with Crippen LogP contribution >= 0.6 is 0 Å². The molecular formula is C16H22N4O7S. The minimum atomic E-state index is -4.67. The Kier molecular flexibility index (Phi) is 5.98. The molecule has 1 aliphatic heterocycles. The Morgan fingerprint density at radius 3 is 2.43 bits per heavy atom. The Morgan fingerprint density at radius 2 is 1.82 bits per heavy atom. The molecule has 0 amide bonds. The van der Waals surface area contributed by atoms with Crippen LogP contribution in [0.3, 0.4) is 0 Å². The maximum absolute atomic E-state index is 10.7. The fourth-order valence-electron chi connectivity index (χ4n) is 2.90. The lowest BCUT2D eigenvalue weighted by Gasteiger charge is -2.13. The highest BCUT2D eigenvalue weighted by Gasteiger charge is 2.43. The smallest absolute Gasteiger partial charge is 0.388 e. The van der Waals surface area contributed by atoms with Crippen LogP contribution in [0.2, 0.25) is 0 Å². The Labute approximate surface area is 162 Å². The summed E-state index contributed by atoms with van der Waals surface area (Å²) in [5.74, 6) is 0. The minimum Gasteiger partial charge on any atom is -0.388 e. The monoisotopic (exact) mass is 414 g/mol. The van der Waals surface area contributed by atoms with Gasteiger partial charge in [0.2, 0.25) is 0 Å². The zero-order valence-corrected chi connectivity index (χ0v) is 16.1. The molecule has 3 N–H and O–H groups in total. The molecule has 154 valence electrons. The summed E-state index contributed by atoms with van der Waals surface area (Å²) in [7, 11) is -0.777. The largest absolute Gasteiger partial charge is 0.397 e. The first-order chi connectivity index (χ1) is 13.1. The second-order valence-electron chi connectivity index (χ2n) is 6.67. The zero-order valence-electron chi connectivity index (χ0n) is 15.3. The SMILES string of the molecule is CN(C)c1ccc(-c2cn(C[C@@H]3O[C@H](COS(=O)(=O)O)[C@@H](O)[C@@H]3O)nn2)cc1. The molecular weight excluding hydrogens is 392 g/mol. The third-order valence-corrected chi connectivity index (χ3v) is 4.86. The molecule has 0 saturated carbocycles. The Morgan fingerprint density at radius 1 is 1.18 bits per heavy atom. The Hall–Kier alpha value is -2.09. The predicted molar refractivity (Wildman–Crippen MR) is 98.0 cm³/mol. The third-order valence-electron chi connectivity index (χ3n) is 4.43. The first-order valence-corrected chi connectivity index (χ1v) is 9.82. The summed E-state index contributed by atoms with van der Waals surface area (Å²) in [4.78, 5) is 1.98. The molecule has 0 radical (unpaired) electrons. The molecule has 1 aromatic carbocycles.